The Labute approximate surface area is 382 Å². The van der Waals surface area contributed by atoms with E-state index < -0.39 is 20.0 Å². The monoisotopic (exact) mass is 932 g/mol. The minimum absolute atomic E-state index is 0.0185. The van der Waals surface area contributed by atoms with Crippen molar-refractivity contribution in [1.82, 2.24) is 59.4 Å². The third kappa shape index (κ3) is 11.6. The van der Waals surface area contributed by atoms with Gasteiger partial charge in [0.05, 0.1) is 21.9 Å². The highest BCUT2D eigenvalue weighted by molar-refractivity contribution is 7.89. The highest BCUT2D eigenvalue weighted by Crippen LogP contribution is 2.21. The minimum Gasteiger partial charge on any atom is -0.308 e. The summed E-state index contributed by atoms with van der Waals surface area (Å²) < 4.78 is 56.0. The van der Waals surface area contributed by atoms with Gasteiger partial charge in [0.1, 0.15) is 11.6 Å². The van der Waals surface area contributed by atoms with E-state index in [0.29, 0.717) is 34.9 Å². The summed E-state index contributed by atoms with van der Waals surface area (Å²) >= 11 is 0. The normalized spacial score (nSPS) is 12.8. The largest absolute Gasteiger partial charge is 0.308 e. The molecular formula is C46H52N12O6S2. The Balaban J connectivity index is 0.000000196. The molecule has 2 atom stereocenters. The highest BCUT2D eigenvalue weighted by Gasteiger charge is 2.19. The minimum atomic E-state index is -3.56. The molecule has 18 nitrogen and oxygen atoms in total. The standard InChI is InChI=1S/2C23H26N6O3S/c1-16(8-6-11-17-9-4-3-5-10-17)29-22-21(27-28-29)23(30)26-20(25-22)15-18-12-7-13-19(14-18)33(31,32)24-2;1-16(7-6-10-17-8-4-3-5-9-17)29-22-21(27-28-29)23(30)26-20(25-22)15-18-11-13-19(14-12-18)33(31,32)24-2/h3-5,7,9-10,12-14,16,24H,6,8,11,15H2,1-2H3,(H,25,26,30);3-5,8-9,11-14,16,24H,6-7,10,15H2,1-2H3,(H,25,26,30). The topological polar surface area (TPSA) is 245 Å². The summed E-state index contributed by atoms with van der Waals surface area (Å²) in [4.78, 5) is 40.2. The Bertz CT molecular complexity index is 3250. The predicted molar refractivity (Wildman–Crippen MR) is 251 cm³/mol. The van der Waals surface area contributed by atoms with Crippen molar-refractivity contribution in [2.24, 2.45) is 0 Å². The smallest absolute Gasteiger partial charge is 0.281 e. The van der Waals surface area contributed by atoms with Gasteiger partial charge in [-0.2, -0.15) is 0 Å². The van der Waals surface area contributed by atoms with Crippen LogP contribution in [0.15, 0.2) is 129 Å². The molecule has 0 amide bonds. The summed E-state index contributed by atoms with van der Waals surface area (Å²) in [5.74, 6) is 0.892. The van der Waals surface area contributed by atoms with Crippen molar-refractivity contribution in [3.05, 3.63) is 164 Å². The molecule has 8 rings (SSSR count). The molecule has 0 aliphatic rings. The van der Waals surface area contributed by atoms with Gasteiger partial charge in [0.25, 0.3) is 11.1 Å². The quantitative estimate of drug-likeness (QED) is 0.0868. The van der Waals surface area contributed by atoms with E-state index in [0.717, 1.165) is 44.1 Å². The second-order valence-electron chi connectivity index (χ2n) is 16.0. The molecule has 0 aliphatic heterocycles. The van der Waals surface area contributed by atoms with Crippen molar-refractivity contribution in [2.75, 3.05) is 14.1 Å². The van der Waals surface area contributed by atoms with E-state index in [4.69, 9.17) is 0 Å². The van der Waals surface area contributed by atoms with Crippen LogP contribution in [0.1, 0.15) is 85.5 Å². The predicted octanol–water partition coefficient (Wildman–Crippen LogP) is 5.19. The maximum Gasteiger partial charge on any atom is 0.281 e. The number of aromatic amines is 2. The van der Waals surface area contributed by atoms with Crippen molar-refractivity contribution in [2.45, 2.75) is 87.1 Å². The molecule has 66 heavy (non-hydrogen) atoms. The number of rotatable bonds is 18. The summed E-state index contributed by atoms with van der Waals surface area (Å²) in [6.45, 7) is 4.08. The second-order valence-corrected chi connectivity index (χ2v) is 19.7. The molecule has 0 spiro atoms. The first kappa shape index (κ1) is 47.2. The number of H-pyrrole nitrogens is 2. The lowest BCUT2D eigenvalue weighted by Crippen LogP contribution is -2.19. The summed E-state index contributed by atoms with van der Waals surface area (Å²) in [5, 5.41) is 16.4. The molecule has 8 aromatic rings. The molecule has 2 unspecified atom stereocenters. The molecule has 4 heterocycles. The lowest BCUT2D eigenvalue weighted by atomic mass is 10.1. The zero-order valence-electron chi connectivity index (χ0n) is 37.0. The van der Waals surface area contributed by atoms with Gasteiger partial charge in [-0.1, -0.05) is 95.4 Å². The summed E-state index contributed by atoms with van der Waals surface area (Å²) in [6, 6.07) is 33.7. The van der Waals surface area contributed by atoms with Gasteiger partial charge in [0, 0.05) is 12.8 Å². The molecule has 4 aromatic heterocycles. The van der Waals surface area contributed by atoms with Crippen molar-refractivity contribution in [3.63, 3.8) is 0 Å². The van der Waals surface area contributed by atoms with Crippen molar-refractivity contribution in [3.8, 4) is 0 Å². The zero-order valence-corrected chi connectivity index (χ0v) is 38.7. The van der Waals surface area contributed by atoms with Gasteiger partial charge < -0.3 is 9.97 Å². The van der Waals surface area contributed by atoms with Crippen LogP contribution in [-0.2, 0) is 45.7 Å². The Hall–Kier alpha value is -6.74. The average molecular weight is 933 g/mol. The van der Waals surface area contributed by atoms with E-state index >= 15 is 0 Å². The van der Waals surface area contributed by atoms with E-state index in [1.54, 1.807) is 39.7 Å². The maximum absolute atomic E-state index is 12.6. The van der Waals surface area contributed by atoms with E-state index in [-0.39, 0.29) is 50.4 Å². The number of hydrogen-bond acceptors (Lipinski definition) is 12. The number of fused-ring (bicyclic) bond motifs is 2. The molecule has 344 valence electrons. The van der Waals surface area contributed by atoms with Gasteiger partial charge in [0.2, 0.25) is 20.0 Å². The molecule has 20 heteroatoms. The molecular weight excluding hydrogens is 881 g/mol. The Morgan fingerprint density at radius 3 is 1.45 bits per heavy atom. The molecule has 4 aromatic carbocycles. The zero-order chi connectivity index (χ0) is 46.8. The van der Waals surface area contributed by atoms with Crippen LogP contribution in [0.25, 0.3) is 22.3 Å². The second kappa shape index (κ2) is 21.0. The van der Waals surface area contributed by atoms with Crippen LogP contribution >= 0.6 is 0 Å². The number of sulfonamides is 2. The molecule has 0 bridgehead atoms. The van der Waals surface area contributed by atoms with Crippen LogP contribution in [0.4, 0.5) is 0 Å². The van der Waals surface area contributed by atoms with E-state index in [2.05, 4.69) is 74.3 Å². The Kier molecular flexibility index (Phi) is 15.1. The lowest BCUT2D eigenvalue weighted by Gasteiger charge is -2.12. The van der Waals surface area contributed by atoms with Gasteiger partial charge in [-0.3, -0.25) is 9.59 Å². The fourth-order valence-corrected chi connectivity index (χ4v) is 9.03. The van der Waals surface area contributed by atoms with Crippen LogP contribution in [0.3, 0.4) is 0 Å². The average Bonchev–Trinajstić information content (AvgIpc) is 3.96. The molecule has 4 N–H and O–H groups in total. The fourth-order valence-electron chi connectivity index (χ4n) is 7.50. The van der Waals surface area contributed by atoms with E-state index in [1.165, 1.54) is 43.4 Å². The van der Waals surface area contributed by atoms with Crippen molar-refractivity contribution >= 4 is 42.4 Å². The third-order valence-electron chi connectivity index (χ3n) is 11.2. The first-order valence-corrected chi connectivity index (χ1v) is 24.5. The summed E-state index contributed by atoms with van der Waals surface area (Å²) in [5.41, 5.74) is 4.70. The molecule has 0 aliphatic carbocycles. The molecule has 0 fully saturated rings. The maximum atomic E-state index is 12.6. The number of benzene rings is 4. The van der Waals surface area contributed by atoms with E-state index in [9.17, 15) is 26.4 Å². The number of hydrogen-bond donors (Lipinski definition) is 4. The lowest BCUT2D eigenvalue weighted by molar-refractivity contribution is 0.444. The van der Waals surface area contributed by atoms with Crippen LogP contribution in [0.2, 0.25) is 0 Å². The number of nitrogens with one attached hydrogen (secondary N) is 4. The first-order chi connectivity index (χ1) is 31.7. The first-order valence-electron chi connectivity index (χ1n) is 21.6. The Morgan fingerprint density at radius 2 is 0.985 bits per heavy atom. The van der Waals surface area contributed by atoms with Crippen LogP contribution in [0.5, 0.6) is 0 Å². The van der Waals surface area contributed by atoms with Crippen LogP contribution in [0, 0.1) is 0 Å². The van der Waals surface area contributed by atoms with Crippen molar-refractivity contribution in [1.29, 1.82) is 0 Å². The third-order valence-corrected chi connectivity index (χ3v) is 14.0. The van der Waals surface area contributed by atoms with Gasteiger partial charge in [-0.05, 0) is 113 Å². The highest BCUT2D eigenvalue weighted by atomic mass is 32.2. The summed E-state index contributed by atoms with van der Waals surface area (Å²) in [7, 11) is -4.33. The van der Waals surface area contributed by atoms with Crippen LogP contribution in [-0.4, -0.2) is 80.9 Å². The van der Waals surface area contributed by atoms with Gasteiger partial charge in [-0.25, -0.2) is 45.6 Å². The molecule has 0 radical (unpaired) electrons. The number of aromatic nitrogens is 10. The van der Waals surface area contributed by atoms with Crippen molar-refractivity contribution < 1.29 is 16.8 Å². The fraction of sp³-hybridized carbons (Fsp3) is 0.304. The van der Waals surface area contributed by atoms with Crippen LogP contribution < -0.4 is 20.6 Å². The van der Waals surface area contributed by atoms with Gasteiger partial charge in [0.15, 0.2) is 22.3 Å². The summed E-state index contributed by atoms with van der Waals surface area (Å²) in [6.07, 6.45) is 6.23. The van der Waals surface area contributed by atoms with E-state index in [1.807, 2.05) is 50.2 Å². The molecule has 0 saturated carbocycles. The van der Waals surface area contributed by atoms with Gasteiger partial charge >= 0.3 is 0 Å². The number of aryl methyl sites for hydroxylation is 2. The molecule has 0 saturated heterocycles. The van der Waals surface area contributed by atoms with Gasteiger partial charge in [-0.15, -0.1) is 10.2 Å². The number of nitrogens with zero attached hydrogens (tertiary/aromatic N) is 8. The SMILES string of the molecule is CNS(=O)(=O)c1ccc(Cc2nc3c(nnn3C(C)CCCc3ccccc3)c(=O)[nH]2)cc1.CNS(=O)(=O)c1cccc(Cc2nc3c(nnn3C(C)CCCc3ccccc3)c(=O)[nH]2)c1. The Morgan fingerprint density at radius 1 is 0.545 bits per heavy atom.